The van der Waals surface area contributed by atoms with Crippen molar-refractivity contribution in [3.63, 3.8) is 0 Å². The van der Waals surface area contributed by atoms with Crippen LogP contribution in [0.1, 0.15) is 18.6 Å². The number of rotatable bonds is 10. The molecule has 1 aliphatic heterocycles. The minimum Gasteiger partial charge on any atom is -0.508 e. The first-order valence-electron chi connectivity index (χ1n) is 12.8. The van der Waals surface area contributed by atoms with Crippen LogP contribution in [0.5, 0.6) is 17.2 Å². The van der Waals surface area contributed by atoms with E-state index in [1.54, 1.807) is 0 Å². The van der Waals surface area contributed by atoms with E-state index in [1.807, 2.05) is 0 Å². The van der Waals surface area contributed by atoms with Crippen molar-refractivity contribution in [3.8, 4) is 28.6 Å². The molecule has 1 saturated heterocycles. The summed E-state index contributed by atoms with van der Waals surface area (Å²) in [6, 6.07) is 7.70. The van der Waals surface area contributed by atoms with Gasteiger partial charge in [-0.1, -0.05) is 0 Å². The summed E-state index contributed by atoms with van der Waals surface area (Å²) in [5, 5.41) is 101. The van der Waals surface area contributed by atoms with Crippen LogP contribution in [0.4, 0.5) is 0 Å². The molecule has 0 amide bonds. The van der Waals surface area contributed by atoms with E-state index in [1.165, 1.54) is 24.3 Å². The third-order valence-electron chi connectivity index (χ3n) is 6.79. The van der Waals surface area contributed by atoms with Crippen molar-refractivity contribution in [2.24, 2.45) is 0 Å². The first kappa shape index (κ1) is 31.6. The third-order valence-corrected chi connectivity index (χ3v) is 6.79. The van der Waals surface area contributed by atoms with Crippen LogP contribution < -0.4 is 10.2 Å². The lowest BCUT2D eigenvalue weighted by molar-refractivity contribution is -0.251. The largest absolute Gasteiger partial charge is 0.508 e. The van der Waals surface area contributed by atoms with Crippen molar-refractivity contribution in [2.75, 3.05) is 13.2 Å². The molecule has 0 saturated carbocycles. The first-order chi connectivity index (χ1) is 19.9. The van der Waals surface area contributed by atoms with Crippen molar-refractivity contribution >= 4 is 11.0 Å². The van der Waals surface area contributed by atoms with E-state index >= 15 is 0 Å². The summed E-state index contributed by atoms with van der Waals surface area (Å²) in [5.41, 5.74) is -1.21. The molecule has 9 unspecified atom stereocenters. The Balaban J connectivity index is 1.95. The molecule has 42 heavy (non-hydrogen) atoms. The molecule has 2 heterocycles. The summed E-state index contributed by atoms with van der Waals surface area (Å²) in [6.45, 7) is -0.603. The molecule has 15 heteroatoms. The van der Waals surface area contributed by atoms with Crippen LogP contribution in [0.3, 0.4) is 0 Å². The Labute approximate surface area is 237 Å². The Morgan fingerprint density at radius 3 is 2.21 bits per heavy atom. The lowest BCUT2D eigenvalue weighted by Gasteiger charge is -2.41. The Morgan fingerprint density at radius 2 is 1.62 bits per heavy atom. The summed E-state index contributed by atoms with van der Waals surface area (Å²) < 4.78 is 22.2. The number of benzene rings is 2. The average Bonchev–Trinajstić information content (AvgIpc) is 2.95. The van der Waals surface area contributed by atoms with Gasteiger partial charge in [-0.05, 0) is 31.2 Å². The predicted octanol–water partition coefficient (Wildman–Crippen LogP) is -1.84. The second-order valence-corrected chi connectivity index (χ2v) is 9.77. The monoisotopic (exact) mass is 596 g/mol. The summed E-state index contributed by atoms with van der Waals surface area (Å²) in [6.07, 6.45) is -16.1. The molecule has 0 radical (unpaired) electrons. The number of phenolic OH excluding ortho intramolecular Hbond substituents is 2. The number of phenols is 2. The zero-order chi connectivity index (χ0) is 30.9. The SMILES string of the molecule is CC(O)C(O)C(Oc1cc2oc(-c3ccc(O)cc3)cc(=O)c2c(O)c1C1OC(CO)C(O)C(O)C1O)OC(O)CO. The molecule has 3 aromatic rings. The van der Waals surface area contributed by atoms with Gasteiger partial charge in [-0.2, -0.15) is 0 Å². The van der Waals surface area contributed by atoms with Crippen LogP contribution in [0.25, 0.3) is 22.3 Å². The van der Waals surface area contributed by atoms with Gasteiger partial charge in [0.05, 0.1) is 24.9 Å². The Bertz CT molecular complexity index is 1420. The van der Waals surface area contributed by atoms with Gasteiger partial charge in [0.1, 0.15) is 70.6 Å². The maximum Gasteiger partial charge on any atom is 0.231 e. The molecular formula is C27H32O15. The van der Waals surface area contributed by atoms with Gasteiger partial charge in [0.15, 0.2) is 11.7 Å². The van der Waals surface area contributed by atoms with Crippen LogP contribution in [0.15, 0.2) is 45.6 Å². The molecule has 0 aliphatic carbocycles. The van der Waals surface area contributed by atoms with Gasteiger partial charge in [-0.3, -0.25) is 4.79 Å². The lowest BCUT2D eigenvalue weighted by Crippen LogP contribution is -2.55. The number of ether oxygens (including phenoxy) is 3. The van der Waals surface area contributed by atoms with Gasteiger partial charge in [0.25, 0.3) is 0 Å². The third kappa shape index (κ3) is 6.20. The number of hydrogen-bond donors (Lipinski definition) is 10. The maximum absolute atomic E-state index is 13.2. The summed E-state index contributed by atoms with van der Waals surface area (Å²) in [4.78, 5) is 13.2. The highest BCUT2D eigenvalue weighted by Gasteiger charge is 2.46. The summed E-state index contributed by atoms with van der Waals surface area (Å²) >= 11 is 0. The van der Waals surface area contributed by atoms with Crippen LogP contribution in [-0.2, 0) is 9.47 Å². The fraction of sp³-hybridized carbons (Fsp3) is 0.444. The van der Waals surface area contributed by atoms with Crippen LogP contribution in [-0.4, -0.2) is 113 Å². The molecule has 10 N–H and O–H groups in total. The zero-order valence-corrected chi connectivity index (χ0v) is 22.1. The molecule has 0 bridgehead atoms. The van der Waals surface area contributed by atoms with Gasteiger partial charge in [0, 0.05) is 17.7 Å². The number of hydrogen-bond acceptors (Lipinski definition) is 15. The van der Waals surface area contributed by atoms with Crippen LogP contribution in [0.2, 0.25) is 0 Å². The van der Waals surface area contributed by atoms with E-state index in [4.69, 9.17) is 18.6 Å². The number of fused-ring (bicyclic) bond motifs is 1. The first-order valence-corrected chi connectivity index (χ1v) is 12.8. The van der Waals surface area contributed by atoms with Crippen LogP contribution in [0, 0.1) is 0 Å². The molecule has 4 rings (SSSR count). The summed E-state index contributed by atoms with van der Waals surface area (Å²) in [7, 11) is 0. The van der Waals surface area contributed by atoms with Gasteiger partial charge in [-0.25, -0.2) is 0 Å². The topological polar surface area (TPSA) is 260 Å². The molecule has 2 aromatic carbocycles. The van der Waals surface area contributed by atoms with E-state index in [-0.39, 0.29) is 17.1 Å². The van der Waals surface area contributed by atoms with E-state index in [0.29, 0.717) is 5.56 Å². The smallest absolute Gasteiger partial charge is 0.231 e. The minimum absolute atomic E-state index is 0.00552. The normalized spacial score (nSPS) is 25.6. The standard InChI is InChI=1S/C27H32O15/c1-10(30)21(34)27(42-18(33)9-29)41-16-7-15-19(13(32)6-14(39-15)11-2-4-12(31)5-3-11)23(36)20(16)26-25(38)24(37)22(35)17(8-28)40-26/h2-7,10,17-18,21-22,24-31,33-38H,8-9H2,1H3. The highest BCUT2D eigenvalue weighted by atomic mass is 16.7. The number of aliphatic hydroxyl groups is 8. The van der Waals surface area contributed by atoms with Crippen molar-refractivity contribution < 1.29 is 69.7 Å². The Kier molecular flexibility index (Phi) is 9.69. The lowest BCUT2D eigenvalue weighted by atomic mass is 9.89. The fourth-order valence-electron chi connectivity index (χ4n) is 4.50. The quantitative estimate of drug-likeness (QED) is 0.115. The van der Waals surface area contributed by atoms with Gasteiger partial charge < -0.3 is 69.7 Å². The minimum atomic E-state index is -1.96. The molecule has 1 fully saturated rings. The van der Waals surface area contributed by atoms with Crippen LogP contribution >= 0.6 is 0 Å². The van der Waals surface area contributed by atoms with E-state index in [9.17, 15) is 55.9 Å². The molecular weight excluding hydrogens is 564 g/mol. The predicted molar refractivity (Wildman–Crippen MR) is 140 cm³/mol. The highest BCUT2D eigenvalue weighted by Crippen LogP contribution is 2.45. The van der Waals surface area contributed by atoms with Gasteiger partial charge in [0.2, 0.25) is 6.29 Å². The Morgan fingerprint density at radius 1 is 0.952 bits per heavy atom. The molecule has 15 nitrogen and oxygen atoms in total. The molecule has 9 atom stereocenters. The number of aliphatic hydroxyl groups excluding tert-OH is 8. The van der Waals surface area contributed by atoms with E-state index < -0.39 is 96.4 Å². The van der Waals surface area contributed by atoms with E-state index in [2.05, 4.69) is 0 Å². The second kappa shape index (κ2) is 12.9. The van der Waals surface area contributed by atoms with Crippen molar-refractivity contribution in [3.05, 3.63) is 52.2 Å². The van der Waals surface area contributed by atoms with Crippen molar-refractivity contribution in [2.45, 2.75) is 62.2 Å². The molecule has 1 aromatic heterocycles. The van der Waals surface area contributed by atoms with Gasteiger partial charge in [-0.15, -0.1) is 0 Å². The van der Waals surface area contributed by atoms with Gasteiger partial charge >= 0.3 is 0 Å². The number of aromatic hydroxyl groups is 2. The molecule has 230 valence electrons. The fourth-order valence-corrected chi connectivity index (χ4v) is 4.50. The van der Waals surface area contributed by atoms with E-state index in [0.717, 1.165) is 19.1 Å². The summed E-state index contributed by atoms with van der Waals surface area (Å²) in [5.74, 6) is -1.42. The molecule has 1 aliphatic rings. The molecule has 0 spiro atoms. The Hall–Kier alpha value is -3.35. The second-order valence-electron chi connectivity index (χ2n) is 9.77. The highest BCUT2D eigenvalue weighted by molar-refractivity contribution is 5.88. The zero-order valence-electron chi connectivity index (χ0n) is 22.1. The average molecular weight is 597 g/mol. The van der Waals surface area contributed by atoms with Crippen molar-refractivity contribution in [1.29, 1.82) is 0 Å². The van der Waals surface area contributed by atoms with Crippen molar-refractivity contribution in [1.82, 2.24) is 0 Å². The maximum atomic E-state index is 13.2.